The lowest BCUT2D eigenvalue weighted by Crippen LogP contribution is -2.48. The molecule has 0 aromatic rings. The molecule has 0 spiro atoms. The van der Waals surface area contributed by atoms with E-state index >= 15 is 0 Å². The summed E-state index contributed by atoms with van der Waals surface area (Å²) in [5, 5.41) is 7.47. The average Bonchev–Trinajstić information content (AvgIpc) is 2.25. The number of hydrogen-bond donors (Lipinski definition) is 2. The van der Waals surface area contributed by atoms with Gasteiger partial charge in [-0.05, 0) is 33.9 Å². The van der Waals surface area contributed by atoms with Gasteiger partial charge in [-0.2, -0.15) is 0 Å². The molecule has 0 bridgehead atoms. The van der Waals surface area contributed by atoms with E-state index in [4.69, 9.17) is 11.1 Å². The Labute approximate surface area is 86.6 Å². The Balaban J connectivity index is 2.62. The van der Waals surface area contributed by atoms with Crippen molar-refractivity contribution in [1.29, 1.82) is 5.41 Å². The van der Waals surface area contributed by atoms with Crippen molar-refractivity contribution in [2.75, 3.05) is 26.7 Å². The molecule has 0 aromatic heterocycles. The van der Waals surface area contributed by atoms with Crippen molar-refractivity contribution in [3.05, 3.63) is 0 Å². The van der Waals surface area contributed by atoms with E-state index < -0.39 is 0 Å². The number of likely N-dealkylation sites (N-methyl/N-ethyl adjacent to an activating group) is 1. The summed E-state index contributed by atoms with van der Waals surface area (Å²) < 4.78 is 0. The number of rotatable bonds is 2. The molecule has 2 atom stereocenters. The average molecular weight is 198 g/mol. The Morgan fingerprint density at radius 1 is 1.50 bits per heavy atom. The van der Waals surface area contributed by atoms with E-state index in [9.17, 15) is 0 Å². The van der Waals surface area contributed by atoms with Gasteiger partial charge in [0, 0.05) is 19.1 Å². The molecule has 0 saturated carbocycles. The smallest absolute Gasteiger partial charge is 0.108 e. The first-order valence-corrected chi connectivity index (χ1v) is 5.30. The molecule has 0 aromatic carbocycles. The van der Waals surface area contributed by atoms with Crippen LogP contribution in [0.4, 0.5) is 0 Å². The molecular formula is C10H22N4. The molecule has 1 saturated heterocycles. The Bertz CT molecular complexity index is 204. The van der Waals surface area contributed by atoms with Crippen molar-refractivity contribution in [2.45, 2.75) is 32.4 Å². The third-order valence-corrected chi connectivity index (χ3v) is 3.05. The zero-order valence-electron chi connectivity index (χ0n) is 9.45. The van der Waals surface area contributed by atoms with Gasteiger partial charge in [0.1, 0.15) is 5.84 Å². The third-order valence-electron chi connectivity index (χ3n) is 3.05. The lowest BCUT2D eigenvalue weighted by Gasteiger charge is -2.32. The van der Waals surface area contributed by atoms with Crippen LogP contribution < -0.4 is 5.73 Å². The molecular weight excluding hydrogens is 176 g/mol. The van der Waals surface area contributed by atoms with Gasteiger partial charge < -0.3 is 10.6 Å². The van der Waals surface area contributed by atoms with E-state index in [0.29, 0.717) is 6.04 Å². The molecule has 2 unspecified atom stereocenters. The minimum absolute atomic E-state index is 0.0801. The standard InChI is InChI=1S/C10H22N4/c1-8-7-13(3)5-4-6-14(8)9(2)10(11)12/h8-9H,4-7H2,1-3H3,(H3,11,12). The summed E-state index contributed by atoms with van der Waals surface area (Å²) in [4.78, 5) is 4.67. The van der Waals surface area contributed by atoms with Crippen LogP contribution in [0.25, 0.3) is 0 Å². The van der Waals surface area contributed by atoms with E-state index in [2.05, 4.69) is 23.8 Å². The first kappa shape index (κ1) is 11.5. The summed E-state index contributed by atoms with van der Waals surface area (Å²) in [7, 11) is 2.15. The van der Waals surface area contributed by atoms with Crippen molar-refractivity contribution in [2.24, 2.45) is 5.73 Å². The molecule has 0 aliphatic carbocycles. The van der Waals surface area contributed by atoms with Gasteiger partial charge >= 0.3 is 0 Å². The van der Waals surface area contributed by atoms with E-state index in [-0.39, 0.29) is 11.9 Å². The van der Waals surface area contributed by atoms with Crippen molar-refractivity contribution in [3.8, 4) is 0 Å². The first-order chi connectivity index (χ1) is 6.52. The molecule has 14 heavy (non-hydrogen) atoms. The summed E-state index contributed by atoms with van der Waals surface area (Å²) in [6.07, 6.45) is 1.17. The van der Waals surface area contributed by atoms with E-state index in [1.165, 1.54) is 6.42 Å². The van der Waals surface area contributed by atoms with Crippen LogP contribution in [0.2, 0.25) is 0 Å². The zero-order chi connectivity index (χ0) is 10.7. The van der Waals surface area contributed by atoms with Gasteiger partial charge in [-0.1, -0.05) is 0 Å². The normalized spacial score (nSPS) is 28.4. The lowest BCUT2D eigenvalue weighted by molar-refractivity contribution is 0.185. The number of hydrogen-bond acceptors (Lipinski definition) is 3. The number of nitrogens with one attached hydrogen (secondary N) is 1. The summed E-state index contributed by atoms with van der Waals surface area (Å²) >= 11 is 0. The van der Waals surface area contributed by atoms with Crippen LogP contribution in [-0.2, 0) is 0 Å². The highest BCUT2D eigenvalue weighted by molar-refractivity contribution is 5.82. The first-order valence-electron chi connectivity index (χ1n) is 5.30. The molecule has 4 nitrogen and oxygen atoms in total. The van der Waals surface area contributed by atoms with E-state index in [0.717, 1.165) is 19.6 Å². The zero-order valence-corrected chi connectivity index (χ0v) is 9.45. The molecule has 0 radical (unpaired) electrons. The fourth-order valence-electron chi connectivity index (χ4n) is 2.14. The second kappa shape index (κ2) is 4.75. The number of nitrogens with two attached hydrogens (primary N) is 1. The highest BCUT2D eigenvalue weighted by atomic mass is 15.3. The van der Waals surface area contributed by atoms with Gasteiger partial charge in [0.25, 0.3) is 0 Å². The van der Waals surface area contributed by atoms with Crippen molar-refractivity contribution in [1.82, 2.24) is 9.80 Å². The van der Waals surface area contributed by atoms with Crippen LogP contribution in [0.15, 0.2) is 0 Å². The number of nitrogens with zero attached hydrogens (tertiary/aromatic N) is 2. The predicted molar refractivity (Wildman–Crippen MR) is 59.7 cm³/mol. The van der Waals surface area contributed by atoms with Crippen LogP contribution in [0.5, 0.6) is 0 Å². The molecule has 0 amide bonds. The largest absolute Gasteiger partial charge is 0.386 e. The molecule has 4 heteroatoms. The summed E-state index contributed by atoms with van der Waals surface area (Å²) in [6, 6.07) is 0.567. The quantitative estimate of drug-likeness (QED) is 0.497. The van der Waals surface area contributed by atoms with Crippen LogP contribution in [0.1, 0.15) is 20.3 Å². The molecule has 3 N–H and O–H groups in total. The summed E-state index contributed by atoms with van der Waals surface area (Å²) in [6.45, 7) is 7.49. The maximum absolute atomic E-state index is 7.47. The Morgan fingerprint density at radius 3 is 2.71 bits per heavy atom. The topological polar surface area (TPSA) is 56.4 Å². The maximum Gasteiger partial charge on any atom is 0.108 e. The van der Waals surface area contributed by atoms with Gasteiger partial charge in [0.05, 0.1) is 6.04 Å². The third kappa shape index (κ3) is 2.69. The highest BCUT2D eigenvalue weighted by Gasteiger charge is 2.24. The van der Waals surface area contributed by atoms with Crippen LogP contribution in [-0.4, -0.2) is 54.4 Å². The van der Waals surface area contributed by atoms with E-state index in [1.807, 2.05) is 6.92 Å². The minimum Gasteiger partial charge on any atom is -0.386 e. The van der Waals surface area contributed by atoms with E-state index in [1.54, 1.807) is 0 Å². The molecule has 1 fully saturated rings. The monoisotopic (exact) mass is 198 g/mol. The SMILES string of the molecule is CC1CN(C)CCCN1C(C)C(=N)N. The highest BCUT2D eigenvalue weighted by Crippen LogP contribution is 2.11. The van der Waals surface area contributed by atoms with Gasteiger partial charge in [0.2, 0.25) is 0 Å². The molecule has 1 rings (SSSR count). The fraction of sp³-hybridized carbons (Fsp3) is 0.900. The second-order valence-electron chi connectivity index (χ2n) is 4.33. The lowest BCUT2D eigenvalue weighted by atomic mass is 10.2. The predicted octanol–water partition coefficient (Wildman–Crippen LogP) is 0.337. The Kier molecular flexibility index (Phi) is 3.89. The van der Waals surface area contributed by atoms with Crippen molar-refractivity contribution < 1.29 is 0 Å². The van der Waals surface area contributed by atoms with Crippen LogP contribution in [0.3, 0.4) is 0 Å². The van der Waals surface area contributed by atoms with Crippen LogP contribution >= 0.6 is 0 Å². The van der Waals surface area contributed by atoms with Crippen molar-refractivity contribution in [3.63, 3.8) is 0 Å². The Hall–Kier alpha value is -0.610. The fourth-order valence-corrected chi connectivity index (χ4v) is 2.14. The van der Waals surface area contributed by atoms with Gasteiger partial charge in [-0.3, -0.25) is 10.3 Å². The Morgan fingerprint density at radius 2 is 2.14 bits per heavy atom. The van der Waals surface area contributed by atoms with Gasteiger partial charge in [-0.25, -0.2) is 0 Å². The molecule has 1 aliphatic heterocycles. The van der Waals surface area contributed by atoms with Crippen molar-refractivity contribution >= 4 is 5.84 Å². The maximum atomic E-state index is 7.47. The van der Waals surface area contributed by atoms with Crippen LogP contribution in [0, 0.1) is 5.41 Å². The summed E-state index contributed by atoms with van der Waals surface area (Å²) in [5.74, 6) is 0.279. The number of amidine groups is 1. The summed E-state index contributed by atoms with van der Waals surface area (Å²) in [5.41, 5.74) is 5.54. The van der Waals surface area contributed by atoms with Gasteiger partial charge in [-0.15, -0.1) is 0 Å². The second-order valence-corrected chi connectivity index (χ2v) is 4.33. The molecule has 82 valence electrons. The molecule has 1 heterocycles. The minimum atomic E-state index is 0.0801. The molecule has 1 aliphatic rings. The van der Waals surface area contributed by atoms with Gasteiger partial charge in [0.15, 0.2) is 0 Å².